The van der Waals surface area contributed by atoms with Gasteiger partial charge in [0, 0.05) is 45.1 Å². The molecule has 1 aliphatic heterocycles. The van der Waals surface area contributed by atoms with Crippen molar-refractivity contribution >= 4 is 11.8 Å². The van der Waals surface area contributed by atoms with E-state index in [1.54, 1.807) is 19.2 Å². The van der Waals surface area contributed by atoms with E-state index < -0.39 is 0 Å². The predicted octanol–water partition coefficient (Wildman–Crippen LogP) is 1.72. The number of methoxy groups -OCH3 is 1. The number of ether oxygens (including phenoxy) is 1. The number of piperidine rings is 1. The maximum atomic E-state index is 12.6. The van der Waals surface area contributed by atoms with E-state index >= 15 is 0 Å². The number of likely N-dealkylation sites (tertiary alicyclic amines) is 1. The van der Waals surface area contributed by atoms with Crippen LogP contribution in [0.1, 0.15) is 47.0 Å². The molecule has 1 aromatic rings. The Hall–Kier alpha value is -1.95. The first-order chi connectivity index (χ1) is 11.1. The van der Waals surface area contributed by atoms with Crippen molar-refractivity contribution in [2.75, 3.05) is 33.4 Å². The van der Waals surface area contributed by atoms with Crippen LogP contribution in [-0.2, 0) is 4.74 Å². The average molecular weight is 319 g/mol. The van der Waals surface area contributed by atoms with Crippen molar-refractivity contribution in [3.63, 3.8) is 0 Å². The predicted molar refractivity (Wildman–Crippen MR) is 87.4 cm³/mol. The van der Waals surface area contributed by atoms with Gasteiger partial charge in [0.15, 0.2) is 0 Å². The summed E-state index contributed by atoms with van der Waals surface area (Å²) in [6.45, 7) is 4.84. The van der Waals surface area contributed by atoms with E-state index in [0.717, 1.165) is 32.4 Å². The molecule has 0 aromatic carbocycles. The fourth-order valence-corrected chi connectivity index (χ4v) is 2.75. The Morgan fingerprint density at radius 3 is 3.04 bits per heavy atom. The molecule has 0 saturated carbocycles. The fourth-order valence-electron chi connectivity index (χ4n) is 2.75. The standard InChI is InChI=1S/C17H25N3O3/c1-13-5-3-9-20(12-13)17(22)14-6-8-18-15(11-14)16(21)19-7-4-10-23-2/h6,8,11,13H,3-5,7,9-10,12H2,1-2H3,(H,19,21). The highest BCUT2D eigenvalue weighted by Crippen LogP contribution is 2.18. The van der Waals surface area contributed by atoms with E-state index in [1.807, 2.05) is 4.90 Å². The summed E-state index contributed by atoms with van der Waals surface area (Å²) in [5, 5.41) is 2.78. The van der Waals surface area contributed by atoms with Gasteiger partial charge in [0.25, 0.3) is 11.8 Å². The molecule has 1 fully saturated rings. The summed E-state index contributed by atoms with van der Waals surface area (Å²) >= 11 is 0. The monoisotopic (exact) mass is 319 g/mol. The highest BCUT2D eigenvalue weighted by atomic mass is 16.5. The Labute approximate surface area is 137 Å². The first kappa shape index (κ1) is 17.4. The molecule has 1 atom stereocenters. The zero-order valence-electron chi connectivity index (χ0n) is 13.9. The van der Waals surface area contributed by atoms with Crippen LogP contribution in [0.25, 0.3) is 0 Å². The number of hydrogen-bond donors (Lipinski definition) is 1. The molecule has 0 radical (unpaired) electrons. The van der Waals surface area contributed by atoms with Crippen LogP contribution in [0, 0.1) is 5.92 Å². The fraction of sp³-hybridized carbons (Fsp3) is 0.588. The van der Waals surface area contributed by atoms with E-state index in [4.69, 9.17) is 4.74 Å². The number of rotatable bonds is 6. The molecule has 2 heterocycles. The first-order valence-corrected chi connectivity index (χ1v) is 8.14. The molecule has 0 aliphatic carbocycles. The quantitative estimate of drug-likeness (QED) is 0.811. The van der Waals surface area contributed by atoms with Crippen LogP contribution in [0.4, 0.5) is 0 Å². The van der Waals surface area contributed by atoms with E-state index in [9.17, 15) is 9.59 Å². The number of amides is 2. The van der Waals surface area contributed by atoms with Crippen LogP contribution < -0.4 is 5.32 Å². The van der Waals surface area contributed by atoms with Crippen LogP contribution in [0.5, 0.6) is 0 Å². The van der Waals surface area contributed by atoms with E-state index in [1.165, 1.54) is 6.20 Å². The van der Waals surface area contributed by atoms with Gasteiger partial charge in [-0.2, -0.15) is 0 Å². The molecule has 126 valence electrons. The Morgan fingerprint density at radius 2 is 2.30 bits per heavy atom. The second kappa shape index (κ2) is 8.62. The van der Waals surface area contributed by atoms with Crippen molar-refractivity contribution < 1.29 is 14.3 Å². The van der Waals surface area contributed by atoms with Crippen molar-refractivity contribution in [2.24, 2.45) is 5.92 Å². The third kappa shape index (κ3) is 5.03. The van der Waals surface area contributed by atoms with E-state index in [0.29, 0.717) is 24.6 Å². The number of pyridine rings is 1. The lowest BCUT2D eigenvalue weighted by molar-refractivity contribution is 0.0683. The van der Waals surface area contributed by atoms with Gasteiger partial charge in [0.2, 0.25) is 0 Å². The van der Waals surface area contributed by atoms with Gasteiger partial charge in [-0.3, -0.25) is 14.6 Å². The third-order valence-corrected chi connectivity index (χ3v) is 3.99. The molecule has 0 spiro atoms. The molecule has 0 bridgehead atoms. The number of nitrogens with zero attached hydrogens (tertiary/aromatic N) is 2. The summed E-state index contributed by atoms with van der Waals surface area (Å²) in [6.07, 6.45) is 4.46. The molecule has 1 N–H and O–H groups in total. The van der Waals surface area contributed by atoms with Gasteiger partial charge >= 0.3 is 0 Å². The van der Waals surface area contributed by atoms with E-state index in [-0.39, 0.29) is 17.5 Å². The molecule has 6 heteroatoms. The zero-order chi connectivity index (χ0) is 16.7. The van der Waals surface area contributed by atoms with Crippen molar-refractivity contribution in [2.45, 2.75) is 26.2 Å². The second-order valence-corrected chi connectivity index (χ2v) is 6.03. The smallest absolute Gasteiger partial charge is 0.269 e. The second-order valence-electron chi connectivity index (χ2n) is 6.03. The van der Waals surface area contributed by atoms with Gasteiger partial charge < -0.3 is 15.0 Å². The zero-order valence-corrected chi connectivity index (χ0v) is 13.9. The van der Waals surface area contributed by atoms with Crippen LogP contribution in [0.3, 0.4) is 0 Å². The summed E-state index contributed by atoms with van der Waals surface area (Å²) in [5.74, 6) is 0.244. The number of carbonyl (C=O) groups is 2. The Morgan fingerprint density at radius 1 is 1.48 bits per heavy atom. The topological polar surface area (TPSA) is 71.5 Å². The van der Waals surface area contributed by atoms with Crippen molar-refractivity contribution in [1.29, 1.82) is 0 Å². The van der Waals surface area contributed by atoms with Gasteiger partial charge in [-0.1, -0.05) is 6.92 Å². The Bertz CT molecular complexity index is 548. The van der Waals surface area contributed by atoms with Crippen LogP contribution in [0.2, 0.25) is 0 Å². The molecule has 1 saturated heterocycles. The maximum absolute atomic E-state index is 12.6. The lowest BCUT2D eigenvalue weighted by Crippen LogP contribution is -2.39. The SMILES string of the molecule is COCCCNC(=O)c1cc(C(=O)N2CCCC(C)C2)ccn1. The molecule has 2 amide bonds. The number of hydrogen-bond acceptors (Lipinski definition) is 4. The summed E-state index contributed by atoms with van der Waals surface area (Å²) in [5.41, 5.74) is 0.800. The maximum Gasteiger partial charge on any atom is 0.269 e. The summed E-state index contributed by atoms with van der Waals surface area (Å²) in [6, 6.07) is 3.25. The largest absolute Gasteiger partial charge is 0.385 e. The summed E-state index contributed by atoms with van der Waals surface area (Å²) in [7, 11) is 1.62. The average Bonchev–Trinajstić information content (AvgIpc) is 2.58. The summed E-state index contributed by atoms with van der Waals surface area (Å²) in [4.78, 5) is 30.6. The van der Waals surface area contributed by atoms with Gasteiger partial charge in [-0.05, 0) is 37.3 Å². The van der Waals surface area contributed by atoms with Gasteiger partial charge in [0.1, 0.15) is 5.69 Å². The Kier molecular flexibility index (Phi) is 6.52. The highest BCUT2D eigenvalue weighted by molar-refractivity contribution is 5.98. The lowest BCUT2D eigenvalue weighted by atomic mass is 9.99. The normalized spacial score (nSPS) is 17.8. The Balaban J connectivity index is 1.98. The van der Waals surface area contributed by atoms with Crippen molar-refractivity contribution in [3.8, 4) is 0 Å². The van der Waals surface area contributed by atoms with Gasteiger partial charge in [0.05, 0.1) is 0 Å². The number of aromatic nitrogens is 1. The van der Waals surface area contributed by atoms with Gasteiger partial charge in [-0.15, -0.1) is 0 Å². The van der Waals surface area contributed by atoms with Crippen LogP contribution in [-0.4, -0.2) is 55.0 Å². The molecule has 23 heavy (non-hydrogen) atoms. The number of carbonyl (C=O) groups excluding carboxylic acids is 2. The van der Waals surface area contributed by atoms with Crippen LogP contribution >= 0.6 is 0 Å². The van der Waals surface area contributed by atoms with Crippen molar-refractivity contribution in [3.05, 3.63) is 29.6 Å². The van der Waals surface area contributed by atoms with E-state index in [2.05, 4.69) is 17.2 Å². The minimum atomic E-state index is -0.261. The minimum Gasteiger partial charge on any atom is -0.385 e. The molecular formula is C17H25N3O3. The molecule has 1 aliphatic rings. The molecule has 2 rings (SSSR count). The molecule has 6 nitrogen and oxygen atoms in total. The third-order valence-electron chi connectivity index (χ3n) is 3.99. The molecule has 1 unspecified atom stereocenters. The lowest BCUT2D eigenvalue weighted by Gasteiger charge is -2.31. The molecule has 1 aromatic heterocycles. The van der Waals surface area contributed by atoms with Crippen LogP contribution in [0.15, 0.2) is 18.3 Å². The minimum absolute atomic E-state index is 0.0209. The van der Waals surface area contributed by atoms with Crippen molar-refractivity contribution in [1.82, 2.24) is 15.2 Å². The van der Waals surface area contributed by atoms with Gasteiger partial charge in [-0.25, -0.2) is 0 Å². The first-order valence-electron chi connectivity index (χ1n) is 8.14. The number of nitrogens with one attached hydrogen (secondary N) is 1. The summed E-state index contributed by atoms with van der Waals surface area (Å²) < 4.78 is 4.94. The molecular weight excluding hydrogens is 294 g/mol. The highest BCUT2D eigenvalue weighted by Gasteiger charge is 2.22.